The first-order valence-electron chi connectivity index (χ1n) is 11.3. The number of nitrogens with one attached hydrogen (secondary N) is 1. The molecule has 0 radical (unpaired) electrons. The van der Waals surface area contributed by atoms with Crippen LogP contribution in [0.15, 0.2) is 23.1 Å². The topological polar surface area (TPSA) is 99.3 Å². The van der Waals surface area contributed by atoms with E-state index in [0.29, 0.717) is 38.5 Å². The van der Waals surface area contributed by atoms with Gasteiger partial charge in [0.2, 0.25) is 21.8 Å². The van der Waals surface area contributed by atoms with Crippen molar-refractivity contribution in [3.63, 3.8) is 0 Å². The first-order chi connectivity index (χ1) is 15.3. The van der Waals surface area contributed by atoms with Crippen LogP contribution in [0.2, 0.25) is 0 Å². The molecule has 10 heteroatoms. The molecule has 3 fully saturated rings. The maximum absolute atomic E-state index is 13.2. The minimum Gasteiger partial charge on any atom is -0.379 e. The summed E-state index contributed by atoms with van der Waals surface area (Å²) in [6, 6.07) is 5.01. The van der Waals surface area contributed by atoms with Gasteiger partial charge in [0.1, 0.15) is 0 Å². The number of rotatable bonds is 6. The highest BCUT2D eigenvalue weighted by Gasteiger charge is 2.36. The molecular formula is C22H32N4O5S. The Labute approximate surface area is 189 Å². The number of hydrogen-bond donors (Lipinski definition) is 1. The van der Waals surface area contributed by atoms with Gasteiger partial charge in [0, 0.05) is 45.2 Å². The number of sulfonamides is 1. The molecule has 0 aromatic heterocycles. The first-order valence-corrected chi connectivity index (χ1v) is 12.8. The number of nitrogens with zero attached hydrogens (tertiary/aromatic N) is 3. The van der Waals surface area contributed by atoms with Gasteiger partial charge in [0.05, 0.1) is 35.4 Å². The minimum atomic E-state index is -3.69. The lowest BCUT2D eigenvalue weighted by Crippen LogP contribution is -2.40. The quantitative estimate of drug-likeness (QED) is 0.685. The number of carbonyl (C=O) groups excluding carboxylic acids is 2. The Bertz CT molecular complexity index is 969. The summed E-state index contributed by atoms with van der Waals surface area (Å²) in [4.78, 5) is 29.4. The zero-order valence-electron chi connectivity index (χ0n) is 18.7. The van der Waals surface area contributed by atoms with Crippen LogP contribution in [0.25, 0.3) is 0 Å². The Morgan fingerprint density at radius 1 is 1.12 bits per heavy atom. The standard InChI is InChI=1S/C22H32N4O5S/c1-16(2)26-15-17(13-21(26)27)22(28)23-19-14-18(5-6-20(19)24-7-3-4-8-24)32(29,30)25-9-11-31-12-10-25/h5-6,14,16-17H,3-4,7-13,15H2,1-2H3,(H,23,28). The normalized spacial score (nSPS) is 22.7. The second-order valence-corrected chi connectivity index (χ2v) is 10.9. The van der Waals surface area contributed by atoms with E-state index in [1.807, 2.05) is 13.8 Å². The molecule has 3 saturated heterocycles. The summed E-state index contributed by atoms with van der Waals surface area (Å²) in [5.41, 5.74) is 1.31. The van der Waals surface area contributed by atoms with Gasteiger partial charge in [0.25, 0.3) is 0 Å². The summed E-state index contributed by atoms with van der Waals surface area (Å²) in [6.07, 6.45) is 2.29. The molecule has 4 rings (SSSR count). The van der Waals surface area contributed by atoms with Crippen molar-refractivity contribution >= 4 is 33.2 Å². The van der Waals surface area contributed by atoms with Gasteiger partial charge in [-0.1, -0.05) is 0 Å². The van der Waals surface area contributed by atoms with Crippen LogP contribution in [-0.4, -0.2) is 81.4 Å². The molecule has 1 atom stereocenters. The third kappa shape index (κ3) is 4.62. The number of benzene rings is 1. The van der Waals surface area contributed by atoms with Crippen LogP contribution >= 0.6 is 0 Å². The van der Waals surface area contributed by atoms with Gasteiger partial charge < -0.3 is 19.9 Å². The zero-order chi connectivity index (χ0) is 22.9. The summed E-state index contributed by atoms with van der Waals surface area (Å²) in [5, 5.41) is 2.96. The van der Waals surface area contributed by atoms with Crippen molar-refractivity contribution in [2.24, 2.45) is 5.92 Å². The molecular weight excluding hydrogens is 432 g/mol. The van der Waals surface area contributed by atoms with Gasteiger partial charge >= 0.3 is 0 Å². The van der Waals surface area contributed by atoms with Crippen molar-refractivity contribution in [3.8, 4) is 0 Å². The lowest BCUT2D eigenvalue weighted by atomic mass is 10.1. The number of morpholine rings is 1. The van der Waals surface area contributed by atoms with E-state index in [-0.39, 0.29) is 29.2 Å². The second-order valence-electron chi connectivity index (χ2n) is 8.92. The number of likely N-dealkylation sites (tertiary alicyclic amines) is 1. The Morgan fingerprint density at radius 3 is 2.44 bits per heavy atom. The fourth-order valence-corrected chi connectivity index (χ4v) is 6.02. The Kier molecular flexibility index (Phi) is 6.73. The monoisotopic (exact) mass is 464 g/mol. The Hall–Kier alpha value is -2.17. The van der Waals surface area contributed by atoms with E-state index in [4.69, 9.17) is 4.74 Å². The van der Waals surface area contributed by atoms with E-state index in [9.17, 15) is 18.0 Å². The largest absolute Gasteiger partial charge is 0.379 e. The summed E-state index contributed by atoms with van der Waals surface area (Å²) in [5.74, 6) is -0.720. The van der Waals surface area contributed by atoms with Crippen LogP contribution in [0.4, 0.5) is 11.4 Å². The van der Waals surface area contributed by atoms with Gasteiger partial charge in [0.15, 0.2) is 0 Å². The van der Waals surface area contributed by atoms with E-state index in [2.05, 4.69) is 10.2 Å². The van der Waals surface area contributed by atoms with Crippen molar-refractivity contribution in [1.82, 2.24) is 9.21 Å². The molecule has 32 heavy (non-hydrogen) atoms. The number of amides is 2. The summed E-state index contributed by atoms with van der Waals surface area (Å²) in [6.45, 7) is 7.34. The third-order valence-electron chi connectivity index (χ3n) is 6.43. The van der Waals surface area contributed by atoms with E-state index < -0.39 is 15.9 Å². The van der Waals surface area contributed by atoms with Crippen LogP contribution in [-0.2, 0) is 24.3 Å². The van der Waals surface area contributed by atoms with Crippen molar-refractivity contribution in [1.29, 1.82) is 0 Å². The second kappa shape index (κ2) is 9.36. The fourth-order valence-electron chi connectivity index (χ4n) is 4.59. The highest BCUT2D eigenvalue weighted by atomic mass is 32.2. The van der Waals surface area contributed by atoms with Crippen molar-refractivity contribution in [2.75, 3.05) is 56.2 Å². The number of carbonyl (C=O) groups is 2. The molecule has 2 amide bonds. The molecule has 3 aliphatic heterocycles. The van der Waals surface area contributed by atoms with Gasteiger partial charge in [-0.15, -0.1) is 0 Å². The van der Waals surface area contributed by atoms with Gasteiger partial charge in [-0.3, -0.25) is 9.59 Å². The first kappa shape index (κ1) is 23.0. The molecule has 1 N–H and O–H groups in total. The molecule has 1 aromatic carbocycles. The molecule has 9 nitrogen and oxygen atoms in total. The van der Waals surface area contributed by atoms with Crippen LogP contribution < -0.4 is 10.2 Å². The summed E-state index contributed by atoms with van der Waals surface area (Å²) >= 11 is 0. The highest BCUT2D eigenvalue weighted by molar-refractivity contribution is 7.89. The van der Waals surface area contributed by atoms with E-state index in [1.54, 1.807) is 23.1 Å². The Morgan fingerprint density at radius 2 is 1.81 bits per heavy atom. The van der Waals surface area contributed by atoms with Crippen molar-refractivity contribution in [2.45, 2.75) is 44.0 Å². The average molecular weight is 465 g/mol. The third-order valence-corrected chi connectivity index (χ3v) is 8.33. The SMILES string of the molecule is CC(C)N1CC(C(=O)Nc2cc(S(=O)(=O)N3CCOCC3)ccc2N2CCCC2)CC1=O. The van der Waals surface area contributed by atoms with E-state index in [1.165, 1.54) is 4.31 Å². The molecule has 1 aromatic rings. The summed E-state index contributed by atoms with van der Waals surface area (Å²) in [7, 11) is -3.69. The van der Waals surface area contributed by atoms with E-state index in [0.717, 1.165) is 31.6 Å². The minimum absolute atomic E-state index is 0.0245. The van der Waals surface area contributed by atoms with E-state index >= 15 is 0 Å². The molecule has 3 heterocycles. The lowest BCUT2D eigenvalue weighted by Gasteiger charge is -2.27. The molecule has 1 unspecified atom stereocenters. The van der Waals surface area contributed by atoms with Crippen LogP contribution in [0.3, 0.4) is 0 Å². The smallest absolute Gasteiger partial charge is 0.243 e. The number of anilines is 2. The maximum atomic E-state index is 13.2. The van der Waals surface area contributed by atoms with Crippen LogP contribution in [0, 0.1) is 5.92 Å². The lowest BCUT2D eigenvalue weighted by molar-refractivity contribution is -0.129. The predicted octanol–water partition coefficient (Wildman–Crippen LogP) is 1.50. The van der Waals surface area contributed by atoms with Crippen molar-refractivity contribution < 1.29 is 22.7 Å². The predicted molar refractivity (Wildman–Crippen MR) is 121 cm³/mol. The molecule has 0 bridgehead atoms. The van der Waals surface area contributed by atoms with Crippen LogP contribution in [0.1, 0.15) is 33.1 Å². The molecule has 3 aliphatic rings. The number of ether oxygens (including phenoxy) is 1. The van der Waals surface area contributed by atoms with Crippen LogP contribution in [0.5, 0.6) is 0 Å². The van der Waals surface area contributed by atoms with Gasteiger partial charge in [-0.2, -0.15) is 4.31 Å². The maximum Gasteiger partial charge on any atom is 0.243 e. The zero-order valence-corrected chi connectivity index (χ0v) is 19.6. The molecule has 0 saturated carbocycles. The number of hydrogen-bond acceptors (Lipinski definition) is 6. The van der Waals surface area contributed by atoms with Gasteiger partial charge in [-0.05, 0) is 44.9 Å². The van der Waals surface area contributed by atoms with Gasteiger partial charge in [-0.25, -0.2) is 8.42 Å². The molecule has 0 spiro atoms. The van der Waals surface area contributed by atoms with Crippen molar-refractivity contribution in [3.05, 3.63) is 18.2 Å². The molecule has 176 valence electrons. The summed E-state index contributed by atoms with van der Waals surface area (Å²) < 4.78 is 33.0. The fraction of sp³-hybridized carbons (Fsp3) is 0.636. The molecule has 0 aliphatic carbocycles. The Balaban J connectivity index is 1.60. The highest BCUT2D eigenvalue weighted by Crippen LogP contribution is 2.33. The average Bonchev–Trinajstić information content (AvgIpc) is 3.44.